The Bertz CT molecular complexity index is 1380. The minimum Gasteiger partial charge on any atom is -0.492 e. The summed E-state index contributed by atoms with van der Waals surface area (Å²) >= 11 is 0. The van der Waals surface area contributed by atoms with Gasteiger partial charge in [0.15, 0.2) is 0 Å². The van der Waals surface area contributed by atoms with Crippen LogP contribution >= 0.6 is 0 Å². The van der Waals surface area contributed by atoms with Crippen molar-refractivity contribution in [2.75, 3.05) is 19.7 Å². The highest BCUT2D eigenvalue weighted by atomic mass is 16.5. The average Bonchev–Trinajstić information content (AvgIpc) is 3.40. The zero-order chi connectivity index (χ0) is 23.3. The summed E-state index contributed by atoms with van der Waals surface area (Å²) in [5.74, 6) is 1.94. The van der Waals surface area contributed by atoms with E-state index in [0.29, 0.717) is 31.8 Å². The number of para-hydroxylation sites is 1. The van der Waals surface area contributed by atoms with Gasteiger partial charge in [0.25, 0.3) is 5.91 Å². The summed E-state index contributed by atoms with van der Waals surface area (Å²) in [7, 11) is 0. The number of amides is 1. The molecule has 4 aromatic rings. The van der Waals surface area contributed by atoms with Crippen molar-refractivity contribution in [2.45, 2.75) is 31.7 Å². The van der Waals surface area contributed by atoms with Gasteiger partial charge in [0, 0.05) is 41.9 Å². The number of aromatic nitrogens is 2. The lowest BCUT2D eigenvalue weighted by Crippen LogP contribution is -2.46. The molecular formula is C28H28N4O2. The van der Waals surface area contributed by atoms with Crippen molar-refractivity contribution >= 4 is 16.9 Å². The Morgan fingerprint density at radius 1 is 1.06 bits per heavy atom. The quantitative estimate of drug-likeness (QED) is 0.501. The van der Waals surface area contributed by atoms with Crippen LogP contribution in [0.3, 0.4) is 0 Å². The smallest absolute Gasteiger partial charge is 0.253 e. The number of imidazole rings is 1. The standard InChI is InChI=1S/C28H28N4O2/c1-19-30-24-16-21(8-9-25(24)32(19)22-5-3-2-4-6-22)27(33)31-13-11-28(12-14-31)18-34-26-10-7-20(17-29)15-23(26)28/h2-10,15-16H,11-14,17-18,29H2,1H3. The zero-order valence-electron chi connectivity index (χ0n) is 19.3. The van der Waals surface area contributed by atoms with E-state index in [2.05, 4.69) is 22.8 Å². The third kappa shape index (κ3) is 3.29. The van der Waals surface area contributed by atoms with Crippen LogP contribution in [0.2, 0.25) is 0 Å². The normalized spacial score (nSPS) is 16.6. The third-order valence-corrected chi connectivity index (χ3v) is 7.45. The third-order valence-electron chi connectivity index (χ3n) is 7.45. The van der Waals surface area contributed by atoms with Crippen molar-refractivity contribution < 1.29 is 9.53 Å². The number of benzene rings is 3. The van der Waals surface area contributed by atoms with Gasteiger partial charge < -0.3 is 15.4 Å². The van der Waals surface area contributed by atoms with Gasteiger partial charge in [0.05, 0.1) is 17.6 Å². The molecule has 1 fully saturated rings. The Hall–Kier alpha value is -3.64. The summed E-state index contributed by atoms with van der Waals surface area (Å²) in [6, 6.07) is 22.3. The summed E-state index contributed by atoms with van der Waals surface area (Å²) < 4.78 is 8.14. The van der Waals surface area contributed by atoms with E-state index in [1.807, 2.05) is 60.4 Å². The molecule has 6 nitrogen and oxygen atoms in total. The van der Waals surface area contributed by atoms with Gasteiger partial charge in [-0.05, 0) is 61.7 Å². The van der Waals surface area contributed by atoms with Gasteiger partial charge in [-0.15, -0.1) is 0 Å². The number of hydrogen-bond donors (Lipinski definition) is 1. The minimum atomic E-state index is -0.0210. The lowest BCUT2D eigenvalue weighted by Gasteiger charge is -2.38. The summed E-state index contributed by atoms with van der Waals surface area (Å²) in [4.78, 5) is 20.1. The van der Waals surface area contributed by atoms with Crippen LogP contribution in [0.4, 0.5) is 0 Å². The van der Waals surface area contributed by atoms with Crippen molar-refractivity contribution in [2.24, 2.45) is 5.73 Å². The largest absolute Gasteiger partial charge is 0.492 e. The van der Waals surface area contributed by atoms with Gasteiger partial charge in [0.1, 0.15) is 11.6 Å². The molecule has 1 spiro atoms. The fourth-order valence-corrected chi connectivity index (χ4v) is 5.51. The van der Waals surface area contributed by atoms with Gasteiger partial charge in [-0.1, -0.05) is 30.3 Å². The molecule has 3 aromatic carbocycles. The van der Waals surface area contributed by atoms with Crippen LogP contribution in [0.15, 0.2) is 66.7 Å². The van der Waals surface area contributed by atoms with Crippen LogP contribution < -0.4 is 10.5 Å². The molecule has 3 heterocycles. The van der Waals surface area contributed by atoms with Crippen LogP contribution in [-0.4, -0.2) is 40.1 Å². The SMILES string of the molecule is Cc1nc2cc(C(=O)N3CCC4(CC3)COc3ccc(CN)cc34)ccc2n1-c1ccccc1. The molecule has 2 aliphatic heterocycles. The molecule has 0 aliphatic carbocycles. The van der Waals surface area contributed by atoms with E-state index in [-0.39, 0.29) is 11.3 Å². The summed E-state index contributed by atoms with van der Waals surface area (Å²) in [6.45, 7) is 4.63. The number of nitrogens with zero attached hydrogens (tertiary/aromatic N) is 3. The van der Waals surface area contributed by atoms with Gasteiger partial charge in [-0.3, -0.25) is 9.36 Å². The maximum Gasteiger partial charge on any atom is 0.253 e. The maximum atomic E-state index is 13.4. The number of piperidine rings is 1. The molecule has 6 heteroatoms. The average molecular weight is 453 g/mol. The number of rotatable bonds is 3. The number of carbonyl (C=O) groups is 1. The molecule has 2 N–H and O–H groups in total. The highest BCUT2D eigenvalue weighted by molar-refractivity contribution is 5.97. The molecule has 6 rings (SSSR count). The first-order valence-electron chi connectivity index (χ1n) is 11.9. The number of nitrogens with two attached hydrogens (primary N) is 1. The first kappa shape index (κ1) is 20.9. The van der Waals surface area contributed by atoms with Crippen molar-refractivity contribution in [3.63, 3.8) is 0 Å². The van der Waals surface area contributed by atoms with Crippen LogP contribution in [-0.2, 0) is 12.0 Å². The first-order valence-corrected chi connectivity index (χ1v) is 11.9. The van der Waals surface area contributed by atoms with E-state index in [0.717, 1.165) is 46.7 Å². The molecule has 0 radical (unpaired) electrons. The molecule has 172 valence electrons. The molecule has 0 bridgehead atoms. The highest BCUT2D eigenvalue weighted by Crippen LogP contribution is 2.46. The number of ether oxygens (including phenoxy) is 1. The minimum absolute atomic E-state index is 0.0210. The number of carbonyl (C=O) groups excluding carboxylic acids is 1. The van der Waals surface area contributed by atoms with E-state index < -0.39 is 0 Å². The fourth-order valence-electron chi connectivity index (χ4n) is 5.51. The second kappa shape index (κ2) is 7.99. The topological polar surface area (TPSA) is 73.4 Å². The van der Waals surface area contributed by atoms with Crippen LogP contribution in [0.1, 0.15) is 40.2 Å². The van der Waals surface area contributed by atoms with Gasteiger partial charge >= 0.3 is 0 Å². The van der Waals surface area contributed by atoms with Gasteiger partial charge in [-0.25, -0.2) is 4.98 Å². The number of fused-ring (bicyclic) bond motifs is 3. The van der Waals surface area contributed by atoms with Crippen LogP contribution in [0, 0.1) is 6.92 Å². The molecule has 0 unspecified atom stereocenters. The molecule has 1 amide bonds. The lowest BCUT2D eigenvalue weighted by molar-refractivity contribution is 0.0646. The fraction of sp³-hybridized carbons (Fsp3) is 0.286. The van der Waals surface area contributed by atoms with Crippen molar-refractivity contribution in [1.29, 1.82) is 0 Å². The maximum absolute atomic E-state index is 13.4. The molecule has 1 saturated heterocycles. The molecule has 34 heavy (non-hydrogen) atoms. The van der Waals surface area contributed by atoms with E-state index in [1.54, 1.807) is 0 Å². The Morgan fingerprint density at radius 2 is 1.85 bits per heavy atom. The highest BCUT2D eigenvalue weighted by Gasteiger charge is 2.44. The molecule has 0 saturated carbocycles. The number of likely N-dealkylation sites (tertiary alicyclic amines) is 1. The Labute approximate surface area is 199 Å². The Kier molecular flexibility index (Phi) is 4.92. The number of aryl methyl sites for hydroxylation is 1. The van der Waals surface area contributed by atoms with Gasteiger partial charge in [-0.2, -0.15) is 0 Å². The molecular weight excluding hydrogens is 424 g/mol. The van der Waals surface area contributed by atoms with Crippen LogP contribution in [0.25, 0.3) is 16.7 Å². The first-order chi connectivity index (χ1) is 16.6. The Morgan fingerprint density at radius 3 is 2.62 bits per heavy atom. The van der Waals surface area contributed by atoms with E-state index in [9.17, 15) is 4.79 Å². The van der Waals surface area contributed by atoms with Crippen molar-refractivity contribution in [1.82, 2.24) is 14.5 Å². The second-order valence-electron chi connectivity index (χ2n) is 9.43. The molecule has 1 aromatic heterocycles. The zero-order valence-corrected chi connectivity index (χ0v) is 19.3. The summed E-state index contributed by atoms with van der Waals surface area (Å²) in [5, 5.41) is 0. The van der Waals surface area contributed by atoms with Crippen molar-refractivity contribution in [3.8, 4) is 11.4 Å². The summed E-state index contributed by atoms with van der Waals surface area (Å²) in [6.07, 6.45) is 1.79. The van der Waals surface area contributed by atoms with Crippen molar-refractivity contribution in [3.05, 3.63) is 89.2 Å². The summed E-state index contributed by atoms with van der Waals surface area (Å²) in [5.41, 5.74) is 11.8. The van der Waals surface area contributed by atoms with Gasteiger partial charge in [0.2, 0.25) is 0 Å². The Balaban J connectivity index is 1.23. The second-order valence-corrected chi connectivity index (χ2v) is 9.43. The van der Waals surface area contributed by atoms with E-state index in [1.165, 1.54) is 5.56 Å². The predicted molar refractivity (Wildman–Crippen MR) is 132 cm³/mol. The van der Waals surface area contributed by atoms with E-state index in [4.69, 9.17) is 15.5 Å². The molecule has 0 atom stereocenters. The van der Waals surface area contributed by atoms with Crippen LogP contribution in [0.5, 0.6) is 5.75 Å². The lowest BCUT2D eigenvalue weighted by atomic mass is 9.74. The number of hydrogen-bond acceptors (Lipinski definition) is 4. The predicted octanol–water partition coefficient (Wildman–Crippen LogP) is 4.36. The monoisotopic (exact) mass is 452 g/mol. The van der Waals surface area contributed by atoms with E-state index >= 15 is 0 Å². The molecule has 2 aliphatic rings.